The normalized spacial score (nSPS) is 14.5. The van der Waals surface area contributed by atoms with Crippen LogP contribution in [0, 0.1) is 20.8 Å². The highest BCUT2D eigenvalue weighted by Gasteiger charge is 2.27. The third kappa shape index (κ3) is 3.55. The van der Waals surface area contributed by atoms with E-state index in [0.717, 1.165) is 16.7 Å². The molecule has 2 heterocycles. The lowest BCUT2D eigenvalue weighted by atomic mass is 9.98. The molecule has 5 nitrogen and oxygen atoms in total. The van der Waals surface area contributed by atoms with Gasteiger partial charge in [0.05, 0.1) is 5.56 Å². The van der Waals surface area contributed by atoms with Gasteiger partial charge in [0.15, 0.2) is 0 Å². The fraction of sp³-hybridized carbons (Fsp3) is 0.350. The van der Waals surface area contributed by atoms with Crippen molar-refractivity contribution < 1.29 is 9.59 Å². The van der Waals surface area contributed by atoms with Gasteiger partial charge in [-0.2, -0.15) is 0 Å². The van der Waals surface area contributed by atoms with Crippen molar-refractivity contribution in [2.75, 3.05) is 26.2 Å². The average molecular weight is 337 g/mol. The second-order valence-corrected chi connectivity index (χ2v) is 6.60. The first-order valence-corrected chi connectivity index (χ1v) is 8.54. The summed E-state index contributed by atoms with van der Waals surface area (Å²) < 4.78 is 0. The molecular formula is C20H23N3O2. The number of aryl methyl sites for hydroxylation is 3. The van der Waals surface area contributed by atoms with Gasteiger partial charge < -0.3 is 9.80 Å². The quantitative estimate of drug-likeness (QED) is 0.846. The van der Waals surface area contributed by atoms with E-state index in [2.05, 4.69) is 4.98 Å². The van der Waals surface area contributed by atoms with Crippen molar-refractivity contribution in [1.29, 1.82) is 0 Å². The number of nitrogens with zero attached hydrogens (tertiary/aromatic N) is 3. The highest BCUT2D eigenvalue weighted by Crippen LogP contribution is 2.19. The van der Waals surface area contributed by atoms with E-state index < -0.39 is 0 Å². The first-order chi connectivity index (χ1) is 12.0. The van der Waals surface area contributed by atoms with Gasteiger partial charge in [-0.1, -0.05) is 17.7 Å². The van der Waals surface area contributed by atoms with Crippen LogP contribution < -0.4 is 0 Å². The lowest BCUT2D eigenvalue weighted by Crippen LogP contribution is -2.50. The molecule has 130 valence electrons. The van der Waals surface area contributed by atoms with Crippen molar-refractivity contribution in [1.82, 2.24) is 14.8 Å². The van der Waals surface area contributed by atoms with Gasteiger partial charge in [0.2, 0.25) is 0 Å². The molecule has 2 amide bonds. The fourth-order valence-electron chi connectivity index (χ4n) is 3.46. The molecule has 1 aliphatic heterocycles. The summed E-state index contributed by atoms with van der Waals surface area (Å²) in [6, 6.07) is 7.62. The number of carbonyl (C=O) groups excluding carboxylic acids is 2. The minimum absolute atomic E-state index is 0.0251. The van der Waals surface area contributed by atoms with Crippen molar-refractivity contribution in [3.63, 3.8) is 0 Å². The number of piperazine rings is 1. The molecule has 1 aromatic carbocycles. The molecule has 3 rings (SSSR count). The predicted octanol–water partition coefficient (Wildman–Crippen LogP) is 2.61. The number of hydrogen-bond donors (Lipinski definition) is 0. The Balaban J connectivity index is 1.68. The van der Waals surface area contributed by atoms with Crippen LogP contribution in [0.3, 0.4) is 0 Å². The summed E-state index contributed by atoms with van der Waals surface area (Å²) in [6.45, 7) is 8.20. The summed E-state index contributed by atoms with van der Waals surface area (Å²) in [6.07, 6.45) is 3.23. The Bertz CT molecular complexity index is 771. The monoisotopic (exact) mass is 337 g/mol. The Morgan fingerprint density at radius 2 is 1.48 bits per heavy atom. The van der Waals surface area contributed by atoms with E-state index in [4.69, 9.17) is 0 Å². The summed E-state index contributed by atoms with van der Waals surface area (Å²) in [7, 11) is 0. The number of hydrogen-bond acceptors (Lipinski definition) is 3. The highest BCUT2D eigenvalue weighted by atomic mass is 16.2. The van der Waals surface area contributed by atoms with Gasteiger partial charge >= 0.3 is 0 Å². The molecule has 25 heavy (non-hydrogen) atoms. The van der Waals surface area contributed by atoms with Crippen molar-refractivity contribution in [3.8, 4) is 0 Å². The number of aromatic nitrogens is 1. The van der Waals surface area contributed by atoms with E-state index >= 15 is 0 Å². The maximum Gasteiger partial charge on any atom is 0.255 e. The number of amides is 2. The van der Waals surface area contributed by atoms with E-state index in [1.54, 1.807) is 29.4 Å². The molecule has 0 bridgehead atoms. The zero-order valence-electron chi connectivity index (χ0n) is 15.0. The predicted molar refractivity (Wildman–Crippen MR) is 96.7 cm³/mol. The molecule has 0 aliphatic carbocycles. The molecule has 5 heteroatoms. The van der Waals surface area contributed by atoms with Crippen LogP contribution in [0.4, 0.5) is 0 Å². The SMILES string of the molecule is Cc1cc(C)c(C(=O)N2CCN(C(=O)c3cccnc3)CC2)c(C)c1. The Labute approximate surface area is 148 Å². The zero-order chi connectivity index (χ0) is 18.0. The number of rotatable bonds is 2. The largest absolute Gasteiger partial charge is 0.335 e. The van der Waals surface area contributed by atoms with E-state index in [1.165, 1.54) is 5.56 Å². The van der Waals surface area contributed by atoms with Gasteiger partial charge in [0.25, 0.3) is 11.8 Å². The van der Waals surface area contributed by atoms with Gasteiger partial charge in [-0.15, -0.1) is 0 Å². The molecule has 2 aromatic rings. The summed E-state index contributed by atoms with van der Waals surface area (Å²) in [5, 5.41) is 0. The number of pyridine rings is 1. The number of benzene rings is 1. The van der Waals surface area contributed by atoms with Gasteiger partial charge in [-0.25, -0.2) is 0 Å². The van der Waals surface area contributed by atoms with Crippen LogP contribution in [0.5, 0.6) is 0 Å². The second kappa shape index (κ2) is 7.05. The lowest BCUT2D eigenvalue weighted by molar-refractivity contribution is 0.0534. The molecule has 0 atom stereocenters. The van der Waals surface area contributed by atoms with Crippen LogP contribution in [0.2, 0.25) is 0 Å². The summed E-state index contributed by atoms with van der Waals surface area (Å²) in [4.78, 5) is 33.0. The minimum atomic E-state index is -0.0251. The molecule has 0 N–H and O–H groups in total. The summed E-state index contributed by atoms with van der Waals surface area (Å²) in [5.41, 5.74) is 4.57. The van der Waals surface area contributed by atoms with Gasteiger partial charge in [0.1, 0.15) is 0 Å². The van der Waals surface area contributed by atoms with E-state index in [-0.39, 0.29) is 11.8 Å². The third-order valence-electron chi connectivity index (χ3n) is 4.65. The van der Waals surface area contributed by atoms with E-state index in [0.29, 0.717) is 31.7 Å². The van der Waals surface area contributed by atoms with Crippen molar-refractivity contribution in [2.45, 2.75) is 20.8 Å². The second-order valence-electron chi connectivity index (χ2n) is 6.60. The molecular weight excluding hydrogens is 314 g/mol. The first kappa shape index (κ1) is 17.1. The molecule has 1 aromatic heterocycles. The van der Waals surface area contributed by atoms with Crippen LogP contribution in [0.1, 0.15) is 37.4 Å². The Kier molecular flexibility index (Phi) is 4.83. The van der Waals surface area contributed by atoms with Crippen LogP contribution >= 0.6 is 0 Å². The van der Waals surface area contributed by atoms with Crippen molar-refractivity contribution >= 4 is 11.8 Å². The maximum absolute atomic E-state index is 12.9. The molecule has 1 fully saturated rings. The van der Waals surface area contributed by atoms with Gasteiger partial charge in [0, 0.05) is 44.1 Å². The standard InChI is InChI=1S/C20H23N3O2/c1-14-11-15(2)18(16(3)12-14)20(25)23-9-7-22(8-10-23)19(24)17-5-4-6-21-13-17/h4-6,11-13H,7-10H2,1-3H3. The molecule has 0 spiro atoms. The lowest BCUT2D eigenvalue weighted by Gasteiger charge is -2.35. The Morgan fingerprint density at radius 3 is 2.00 bits per heavy atom. The smallest absolute Gasteiger partial charge is 0.255 e. The Morgan fingerprint density at radius 1 is 0.920 bits per heavy atom. The van der Waals surface area contributed by atoms with E-state index in [9.17, 15) is 9.59 Å². The van der Waals surface area contributed by atoms with Crippen molar-refractivity contribution in [3.05, 3.63) is 64.5 Å². The maximum atomic E-state index is 12.9. The molecule has 0 unspecified atom stereocenters. The molecule has 1 aliphatic rings. The zero-order valence-corrected chi connectivity index (χ0v) is 15.0. The minimum Gasteiger partial charge on any atom is -0.335 e. The fourth-order valence-corrected chi connectivity index (χ4v) is 3.46. The summed E-state index contributed by atoms with van der Waals surface area (Å²) in [5.74, 6) is 0.0337. The first-order valence-electron chi connectivity index (χ1n) is 8.54. The van der Waals surface area contributed by atoms with Gasteiger partial charge in [-0.3, -0.25) is 14.6 Å². The van der Waals surface area contributed by atoms with Crippen LogP contribution in [0.15, 0.2) is 36.7 Å². The highest BCUT2D eigenvalue weighted by molar-refractivity contribution is 5.98. The van der Waals surface area contributed by atoms with Crippen LogP contribution in [-0.4, -0.2) is 52.8 Å². The van der Waals surface area contributed by atoms with Crippen LogP contribution in [-0.2, 0) is 0 Å². The van der Waals surface area contributed by atoms with E-state index in [1.807, 2.05) is 37.8 Å². The molecule has 0 radical (unpaired) electrons. The third-order valence-corrected chi connectivity index (χ3v) is 4.65. The van der Waals surface area contributed by atoms with Gasteiger partial charge in [-0.05, 0) is 44.0 Å². The molecule has 1 saturated heterocycles. The summed E-state index contributed by atoms with van der Waals surface area (Å²) >= 11 is 0. The topological polar surface area (TPSA) is 53.5 Å². The Hall–Kier alpha value is -2.69. The van der Waals surface area contributed by atoms with Crippen LogP contribution in [0.25, 0.3) is 0 Å². The number of carbonyl (C=O) groups is 2. The molecule has 0 saturated carbocycles. The van der Waals surface area contributed by atoms with Crippen molar-refractivity contribution in [2.24, 2.45) is 0 Å². The average Bonchev–Trinajstić information content (AvgIpc) is 2.61.